The van der Waals surface area contributed by atoms with Gasteiger partial charge in [0.15, 0.2) is 0 Å². The summed E-state index contributed by atoms with van der Waals surface area (Å²) in [6.07, 6.45) is 5.44. The minimum atomic E-state index is -0.0905. The van der Waals surface area contributed by atoms with E-state index in [4.69, 9.17) is 4.74 Å². The zero-order valence-corrected chi connectivity index (χ0v) is 17.8. The third kappa shape index (κ3) is 3.00. The number of rotatable bonds is 2. The summed E-state index contributed by atoms with van der Waals surface area (Å²) in [5, 5.41) is 16.8. The van der Waals surface area contributed by atoms with Crippen LogP contribution in [0.5, 0.6) is 5.75 Å². The summed E-state index contributed by atoms with van der Waals surface area (Å²) in [6.45, 7) is 2.38. The molecule has 1 amide bonds. The van der Waals surface area contributed by atoms with Gasteiger partial charge in [-0.1, -0.05) is 54.6 Å². The van der Waals surface area contributed by atoms with E-state index in [1.54, 1.807) is 6.07 Å². The Morgan fingerprint density at radius 1 is 1.03 bits per heavy atom. The molecular weight excluding hydrogens is 400 g/mol. The molecule has 1 fully saturated rings. The van der Waals surface area contributed by atoms with Gasteiger partial charge in [0.25, 0.3) is 5.91 Å². The van der Waals surface area contributed by atoms with Crippen LogP contribution in [0.3, 0.4) is 0 Å². The van der Waals surface area contributed by atoms with Crippen molar-refractivity contribution in [2.75, 3.05) is 31.6 Å². The van der Waals surface area contributed by atoms with E-state index in [2.05, 4.69) is 35.7 Å². The standard InChI is InChI=1S/C27H26N2O3/c30-23-12-11-17-5-1-2-6-18(17)24(23)26-21-9-3-7-19(21)20-8-4-10-22(25(20)28-26)27(31)29-13-15-32-16-14-29/h1-8,10-12,19,21,26,28,30H,9,13-16H2. The number of anilines is 1. The number of aromatic hydroxyl groups is 1. The highest BCUT2D eigenvalue weighted by atomic mass is 16.5. The van der Waals surface area contributed by atoms with Crippen molar-refractivity contribution in [3.63, 3.8) is 0 Å². The van der Waals surface area contributed by atoms with Gasteiger partial charge < -0.3 is 20.1 Å². The van der Waals surface area contributed by atoms with Crippen molar-refractivity contribution < 1.29 is 14.6 Å². The second-order valence-corrected chi connectivity index (χ2v) is 8.87. The molecule has 2 aliphatic heterocycles. The largest absolute Gasteiger partial charge is 0.508 e. The van der Waals surface area contributed by atoms with Crippen molar-refractivity contribution in [2.45, 2.75) is 18.4 Å². The van der Waals surface area contributed by atoms with Gasteiger partial charge in [0.05, 0.1) is 30.5 Å². The highest BCUT2D eigenvalue weighted by Gasteiger charge is 2.41. The van der Waals surface area contributed by atoms with Crippen LogP contribution in [-0.4, -0.2) is 42.2 Å². The van der Waals surface area contributed by atoms with E-state index in [0.717, 1.165) is 28.4 Å². The molecule has 0 bridgehead atoms. The van der Waals surface area contributed by atoms with Gasteiger partial charge in [-0.3, -0.25) is 4.79 Å². The van der Waals surface area contributed by atoms with E-state index in [1.807, 2.05) is 35.2 Å². The van der Waals surface area contributed by atoms with E-state index in [9.17, 15) is 9.90 Å². The average Bonchev–Trinajstić information content (AvgIpc) is 3.34. The topological polar surface area (TPSA) is 61.8 Å². The Morgan fingerprint density at radius 3 is 2.75 bits per heavy atom. The molecule has 2 heterocycles. The van der Waals surface area contributed by atoms with E-state index in [0.29, 0.717) is 37.6 Å². The molecule has 0 aromatic heterocycles. The summed E-state index contributed by atoms with van der Waals surface area (Å²) in [6, 6.07) is 17.9. The second-order valence-electron chi connectivity index (χ2n) is 8.87. The molecule has 0 radical (unpaired) electrons. The Labute approximate surface area is 187 Å². The lowest BCUT2D eigenvalue weighted by atomic mass is 9.75. The molecule has 0 saturated carbocycles. The molecule has 3 unspecified atom stereocenters. The molecule has 5 heteroatoms. The fourth-order valence-corrected chi connectivity index (χ4v) is 5.63. The van der Waals surface area contributed by atoms with Crippen LogP contribution in [0.1, 0.15) is 39.9 Å². The molecule has 1 aliphatic carbocycles. The van der Waals surface area contributed by atoms with Gasteiger partial charge in [0.1, 0.15) is 5.75 Å². The second kappa shape index (κ2) is 7.68. The molecule has 3 aromatic carbocycles. The number of benzene rings is 3. The molecule has 1 saturated heterocycles. The highest BCUT2D eigenvalue weighted by molar-refractivity contribution is 6.01. The fraction of sp³-hybridized carbons (Fsp3) is 0.296. The van der Waals surface area contributed by atoms with Crippen molar-refractivity contribution in [1.29, 1.82) is 0 Å². The number of nitrogens with one attached hydrogen (secondary N) is 1. The van der Waals surface area contributed by atoms with Gasteiger partial charge in [-0.2, -0.15) is 0 Å². The van der Waals surface area contributed by atoms with Gasteiger partial charge >= 0.3 is 0 Å². The first-order valence-electron chi connectivity index (χ1n) is 11.4. The highest BCUT2D eigenvalue weighted by Crippen LogP contribution is 2.53. The molecule has 6 rings (SSSR count). The predicted molar refractivity (Wildman–Crippen MR) is 125 cm³/mol. The number of allylic oxidation sites excluding steroid dienone is 2. The summed E-state index contributed by atoms with van der Waals surface area (Å²) in [5.41, 5.74) is 3.68. The number of phenols is 1. The summed E-state index contributed by atoms with van der Waals surface area (Å²) >= 11 is 0. The van der Waals surface area contributed by atoms with Crippen LogP contribution < -0.4 is 5.32 Å². The van der Waals surface area contributed by atoms with Crippen molar-refractivity contribution in [1.82, 2.24) is 4.90 Å². The molecule has 32 heavy (non-hydrogen) atoms. The molecule has 2 N–H and O–H groups in total. The smallest absolute Gasteiger partial charge is 0.256 e. The lowest BCUT2D eigenvalue weighted by Crippen LogP contribution is -2.41. The molecule has 3 atom stereocenters. The predicted octanol–water partition coefficient (Wildman–Crippen LogP) is 4.84. The first kappa shape index (κ1) is 19.4. The number of fused-ring (bicyclic) bond motifs is 4. The van der Waals surface area contributed by atoms with Crippen LogP contribution in [0, 0.1) is 5.92 Å². The molecular formula is C27H26N2O3. The van der Waals surface area contributed by atoms with Crippen LogP contribution >= 0.6 is 0 Å². The lowest BCUT2D eigenvalue weighted by Gasteiger charge is -2.39. The first-order valence-corrected chi connectivity index (χ1v) is 11.4. The molecule has 3 aliphatic rings. The number of ether oxygens (including phenoxy) is 1. The Bertz CT molecular complexity index is 1230. The summed E-state index contributed by atoms with van der Waals surface area (Å²) in [4.78, 5) is 15.3. The lowest BCUT2D eigenvalue weighted by molar-refractivity contribution is 0.0303. The van der Waals surface area contributed by atoms with E-state index in [1.165, 1.54) is 5.56 Å². The minimum Gasteiger partial charge on any atom is -0.508 e. The Morgan fingerprint density at radius 2 is 1.88 bits per heavy atom. The quantitative estimate of drug-likeness (QED) is 0.576. The summed E-state index contributed by atoms with van der Waals surface area (Å²) in [7, 11) is 0. The van der Waals surface area contributed by atoms with Crippen molar-refractivity contribution >= 4 is 22.4 Å². The first-order chi connectivity index (χ1) is 15.7. The Kier molecular flexibility index (Phi) is 4.65. The third-order valence-corrected chi connectivity index (χ3v) is 7.18. The van der Waals surface area contributed by atoms with Gasteiger partial charge in [-0.05, 0) is 40.8 Å². The number of morpholine rings is 1. The van der Waals surface area contributed by atoms with Crippen molar-refractivity contribution in [3.8, 4) is 5.75 Å². The maximum absolute atomic E-state index is 13.4. The molecule has 5 nitrogen and oxygen atoms in total. The normalized spacial score (nSPS) is 24.1. The number of hydrogen-bond acceptors (Lipinski definition) is 4. The van der Waals surface area contributed by atoms with Crippen LogP contribution in [0.4, 0.5) is 5.69 Å². The third-order valence-electron chi connectivity index (χ3n) is 7.18. The van der Waals surface area contributed by atoms with E-state index < -0.39 is 0 Å². The monoisotopic (exact) mass is 426 g/mol. The number of hydrogen-bond donors (Lipinski definition) is 2. The van der Waals surface area contributed by atoms with Crippen molar-refractivity contribution in [2.24, 2.45) is 5.92 Å². The molecule has 162 valence electrons. The SMILES string of the molecule is O=C(c1cccc2c1NC(c1c(O)ccc3ccccc13)C1CC=CC21)N1CCOCC1. The zero-order chi connectivity index (χ0) is 21.7. The van der Waals surface area contributed by atoms with Crippen molar-refractivity contribution in [3.05, 3.63) is 83.4 Å². The van der Waals surface area contributed by atoms with E-state index >= 15 is 0 Å². The number of amides is 1. The Balaban J connectivity index is 1.48. The minimum absolute atomic E-state index is 0.0407. The van der Waals surface area contributed by atoms with Crippen LogP contribution in [-0.2, 0) is 4.74 Å². The van der Waals surface area contributed by atoms with Crippen LogP contribution in [0.25, 0.3) is 10.8 Å². The molecule has 0 spiro atoms. The zero-order valence-electron chi connectivity index (χ0n) is 17.8. The number of nitrogens with zero attached hydrogens (tertiary/aromatic N) is 1. The molecule has 3 aromatic rings. The number of phenolic OH excluding ortho intramolecular Hbond substituents is 1. The number of carbonyl (C=O) groups excluding carboxylic acids is 1. The summed E-state index contributed by atoms with van der Waals surface area (Å²) < 4.78 is 5.44. The number of para-hydroxylation sites is 1. The Hall–Kier alpha value is -3.31. The van der Waals surface area contributed by atoms with Gasteiger partial charge in [0, 0.05) is 24.6 Å². The maximum Gasteiger partial charge on any atom is 0.256 e. The van der Waals surface area contributed by atoms with Gasteiger partial charge in [-0.15, -0.1) is 0 Å². The average molecular weight is 427 g/mol. The fourth-order valence-electron chi connectivity index (χ4n) is 5.63. The van der Waals surface area contributed by atoms with Crippen LogP contribution in [0.2, 0.25) is 0 Å². The van der Waals surface area contributed by atoms with Gasteiger partial charge in [0.2, 0.25) is 0 Å². The summed E-state index contributed by atoms with van der Waals surface area (Å²) in [5.74, 6) is 0.839. The maximum atomic E-state index is 13.4. The van der Waals surface area contributed by atoms with E-state index in [-0.39, 0.29) is 23.8 Å². The van der Waals surface area contributed by atoms with Crippen LogP contribution in [0.15, 0.2) is 66.7 Å². The van der Waals surface area contributed by atoms with Gasteiger partial charge in [-0.25, -0.2) is 0 Å². The number of carbonyl (C=O) groups is 1.